The van der Waals surface area contributed by atoms with E-state index in [1.165, 1.54) is 0 Å². The molecule has 0 radical (unpaired) electrons. The van der Waals surface area contributed by atoms with Crippen LogP contribution in [0.5, 0.6) is 5.75 Å². The average Bonchev–Trinajstić information content (AvgIpc) is 3.15. The molecule has 30 heavy (non-hydrogen) atoms. The van der Waals surface area contributed by atoms with Crippen LogP contribution in [0.25, 0.3) is 11.5 Å². The molecule has 3 aromatic rings. The van der Waals surface area contributed by atoms with Gasteiger partial charge < -0.3 is 19.1 Å². The number of nitrogens with zero attached hydrogens (tertiary/aromatic N) is 5. The first-order chi connectivity index (χ1) is 14.7. The number of ether oxygens (including phenoxy) is 1. The van der Waals surface area contributed by atoms with Crippen molar-refractivity contribution in [3.05, 3.63) is 54.0 Å². The Morgan fingerprint density at radius 2 is 1.97 bits per heavy atom. The Morgan fingerprint density at radius 1 is 1.13 bits per heavy atom. The van der Waals surface area contributed by atoms with Gasteiger partial charge in [0.25, 0.3) is 11.8 Å². The SMILES string of the molecule is CCc1noc(-c2cccnc2N2CCCN(C(=O)c3ccc(OC)cc3)CC2)n1. The van der Waals surface area contributed by atoms with Gasteiger partial charge >= 0.3 is 0 Å². The summed E-state index contributed by atoms with van der Waals surface area (Å²) in [5.41, 5.74) is 1.49. The lowest BCUT2D eigenvalue weighted by molar-refractivity contribution is 0.0767. The molecule has 4 rings (SSSR count). The molecule has 1 aliphatic heterocycles. The van der Waals surface area contributed by atoms with E-state index in [1.807, 2.05) is 48.2 Å². The molecule has 0 spiro atoms. The van der Waals surface area contributed by atoms with E-state index in [0.717, 1.165) is 30.1 Å². The van der Waals surface area contributed by atoms with Crippen LogP contribution in [0.1, 0.15) is 29.5 Å². The number of carbonyl (C=O) groups excluding carboxylic acids is 1. The summed E-state index contributed by atoms with van der Waals surface area (Å²) in [4.78, 5) is 26.1. The summed E-state index contributed by atoms with van der Waals surface area (Å²) < 4.78 is 10.6. The molecule has 3 heterocycles. The van der Waals surface area contributed by atoms with Crippen molar-refractivity contribution in [2.24, 2.45) is 0 Å². The highest BCUT2D eigenvalue weighted by Crippen LogP contribution is 2.28. The molecule has 0 saturated carbocycles. The molecule has 0 N–H and O–H groups in total. The molecule has 0 aliphatic carbocycles. The van der Waals surface area contributed by atoms with Crippen molar-refractivity contribution in [3.8, 4) is 17.2 Å². The quantitative estimate of drug-likeness (QED) is 0.643. The van der Waals surface area contributed by atoms with Crippen molar-refractivity contribution in [1.82, 2.24) is 20.0 Å². The fraction of sp³-hybridized carbons (Fsp3) is 0.364. The highest BCUT2D eigenvalue weighted by Gasteiger charge is 2.24. The minimum absolute atomic E-state index is 0.0326. The van der Waals surface area contributed by atoms with Gasteiger partial charge in [-0.05, 0) is 42.8 Å². The summed E-state index contributed by atoms with van der Waals surface area (Å²) in [5, 5.41) is 4.00. The second kappa shape index (κ2) is 8.94. The Hall–Kier alpha value is -3.42. The summed E-state index contributed by atoms with van der Waals surface area (Å²) in [6.45, 7) is 4.78. The smallest absolute Gasteiger partial charge is 0.261 e. The van der Waals surface area contributed by atoms with Gasteiger partial charge in [0.05, 0.1) is 12.7 Å². The number of carbonyl (C=O) groups is 1. The van der Waals surface area contributed by atoms with Crippen LogP contribution in [0.15, 0.2) is 47.1 Å². The van der Waals surface area contributed by atoms with Gasteiger partial charge in [0.2, 0.25) is 0 Å². The van der Waals surface area contributed by atoms with Crippen molar-refractivity contribution < 1.29 is 14.1 Å². The van der Waals surface area contributed by atoms with E-state index >= 15 is 0 Å². The number of anilines is 1. The highest BCUT2D eigenvalue weighted by molar-refractivity contribution is 5.94. The second-order valence-corrected chi connectivity index (χ2v) is 7.11. The third-order valence-electron chi connectivity index (χ3n) is 5.22. The number of aromatic nitrogens is 3. The Morgan fingerprint density at radius 3 is 2.70 bits per heavy atom. The number of pyridine rings is 1. The number of rotatable bonds is 5. The molecule has 0 bridgehead atoms. The number of methoxy groups -OCH3 is 1. The molecule has 1 amide bonds. The molecule has 0 unspecified atom stereocenters. The van der Waals surface area contributed by atoms with Crippen LogP contribution in [0.4, 0.5) is 5.82 Å². The zero-order valence-corrected chi connectivity index (χ0v) is 17.2. The molecule has 1 aliphatic rings. The Bertz CT molecular complexity index is 1000. The first kappa shape index (κ1) is 19.9. The Labute approximate surface area is 175 Å². The van der Waals surface area contributed by atoms with Gasteiger partial charge in [-0.2, -0.15) is 4.98 Å². The van der Waals surface area contributed by atoms with Crippen LogP contribution in [0, 0.1) is 0 Å². The Balaban J connectivity index is 1.50. The van der Waals surface area contributed by atoms with Crippen molar-refractivity contribution in [2.75, 3.05) is 38.2 Å². The molecule has 8 nitrogen and oxygen atoms in total. The normalized spacial score (nSPS) is 14.5. The van der Waals surface area contributed by atoms with Gasteiger partial charge in [-0.1, -0.05) is 12.1 Å². The van der Waals surface area contributed by atoms with E-state index in [4.69, 9.17) is 9.26 Å². The number of amides is 1. The lowest BCUT2D eigenvalue weighted by Gasteiger charge is -2.24. The van der Waals surface area contributed by atoms with Crippen molar-refractivity contribution in [2.45, 2.75) is 19.8 Å². The van der Waals surface area contributed by atoms with Gasteiger partial charge in [0.15, 0.2) is 5.82 Å². The maximum Gasteiger partial charge on any atom is 0.261 e. The van der Waals surface area contributed by atoms with Crippen LogP contribution in [0.3, 0.4) is 0 Å². The predicted molar refractivity (Wildman–Crippen MR) is 113 cm³/mol. The van der Waals surface area contributed by atoms with E-state index in [1.54, 1.807) is 13.3 Å². The van der Waals surface area contributed by atoms with Gasteiger partial charge in [-0.25, -0.2) is 4.98 Å². The van der Waals surface area contributed by atoms with Crippen LogP contribution < -0.4 is 9.64 Å². The van der Waals surface area contributed by atoms with Crippen LogP contribution in [0.2, 0.25) is 0 Å². The molecule has 1 saturated heterocycles. The summed E-state index contributed by atoms with van der Waals surface area (Å²) in [5.74, 6) is 2.73. The van der Waals surface area contributed by atoms with Gasteiger partial charge in [-0.15, -0.1) is 0 Å². The first-order valence-corrected chi connectivity index (χ1v) is 10.2. The molecule has 8 heteroatoms. The largest absolute Gasteiger partial charge is 0.497 e. The number of hydrogen-bond acceptors (Lipinski definition) is 7. The van der Waals surface area contributed by atoms with Crippen molar-refractivity contribution in [3.63, 3.8) is 0 Å². The lowest BCUT2D eigenvalue weighted by atomic mass is 10.2. The van der Waals surface area contributed by atoms with Gasteiger partial charge in [-0.3, -0.25) is 4.79 Å². The molecular formula is C22H25N5O3. The van der Waals surface area contributed by atoms with E-state index < -0.39 is 0 Å². The molecular weight excluding hydrogens is 382 g/mol. The van der Waals surface area contributed by atoms with Crippen molar-refractivity contribution in [1.29, 1.82) is 0 Å². The Kier molecular flexibility index (Phi) is 5.92. The number of aryl methyl sites for hydroxylation is 1. The van der Waals surface area contributed by atoms with E-state index in [0.29, 0.717) is 43.3 Å². The molecule has 2 aromatic heterocycles. The third-order valence-corrected chi connectivity index (χ3v) is 5.22. The zero-order chi connectivity index (χ0) is 20.9. The van der Waals surface area contributed by atoms with E-state index in [-0.39, 0.29) is 5.91 Å². The molecule has 0 atom stereocenters. The standard InChI is InChI=1S/C22H25N5O3/c1-3-19-24-21(30-25-19)18-6-4-11-23-20(18)26-12-5-13-27(15-14-26)22(28)16-7-9-17(29-2)10-8-16/h4,6-11H,3,5,12-15H2,1-2H3. The van der Waals surface area contributed by atoms with Crippen molar-refractivity contribution >= 4 is 11.7 Å². The lowest BCUT2D eigenvalue weighted by Crippen LogP contribution is -2.35. The van der Waals surface area contributed by atoms with Crippen LogP contribution in [-0.4, -0.2) is 59.2 Å². The zero-order valence-electron chi connectivity index (χ0n) is 17.2. The average molecular weight is 407 g/mol. The fourth-order valence-electron chi connectivity index (χ4n) is 3.57. The molecule has 156 valence electrons. The monoisotopic (exact) mass is 407 g/mol. The second-order valence-electron chi connectivity index (χ2n) is 7.11. The molecule has 1 fully saturated rings. The van der Waals surface area contributed by atoms with Crippen LogP contribution in [-0.2, 0) is 6.42 Å². The summed E-state index contributed by atoms with van der Waals surface area (Å²) in [6.07, 6.45) is 3.33. The highest BCUT2D eigenvalue weighted by atomic mass is 16.5. The minimum Gasteiger partial charge on any atom is -0.497 e. The fourth-order valence-corrected chi connectivity index (χ4v) is 3.57. The van der Waals surface area contributed by atoms with Gasteiger partial charge in [0.1, 0.15) is 11.6 Å². The number of benzene rings is 1. The van der Waals surface area contributed by atoms with Gasteiger partial charge in [0, 0.05) is 44.4 Å². The molecule has 1 aromatic carbocycles. The van der Waals surface area contributed by atoms with E-state index in [2.05, 4.69) is 20.0 Å². The third kappa shape index (κ3) is 4.12. The first-order valence-electron chi connectivity index (χ1n) is 10.2. The predicted octanol–water partition coefficient (Wildman–Crippen LogP) is 3.06. The maximum absolute atomic E-state index is 12.9. The topological polar surface area (TPSA) is 84.6 Å². The van der Waals surface area contributed by atoms with E-state index in [9.17, 15) is 4.79 Å². The summed E-state index contributed by atoms with van der Waals surface area (Å²) in [7, 11) is 1.61. The minimum atomic E-state index is 0.0326. The van der Waals surface area contributed by atoms with Crippen LogP contribution >= 0.6 is 0 Å². The number of hydrogen-bond donors (Lipinski definition) is 0. The summed E-state index contributed by atoms with van der Waals surface area (Å²) >= 11 is 0. The summed E-state index contributed by atoms with van der Waals surface area (Å²) in [6, 6.07) is 11.1. The maximum atomic E-state index is 12.9.